The second-order valence-electron chi connectivity index (χ2n) is 6.82. The van der Waals surface area contributed by atoms with Crippen LogP contribution in [0, 0.1) is 0 Å². The summed E-state index contributed by atoms with van der Waals surface area (Å²) in [7, 11) is 1.64. The van der Waals surface area contributed by atoms with E-state index in [1.165, 1.54) is 9.58 Å². The highest BCUT2D eigenvalue weighted by Crippen LogP contribution is 2.40. The molecule has 0 fully saturated rings. The molecule has 29 heavy (non-hydrogen) atoms. The SMILES string of the molecule is C=C/C=C\C(=C/C)C(c1ccc(Cl)cc1)C1CN(C)C(=O)c2c(O)c(=O)cnn21. The molecule has 0 aliphatic carbocycles. The van der Waals surface area contributed by atoms with Crippen molar-refractivity contribution in [3.63, 3.8) is 0 Å². The van der Waals surface area contributed by atoms with Crippen molar-refractivity contribution in [1.29, 1.82) is 0 Å². The third kappa shape index (κ3) is 3.89. The van der Waals surface area contributed by atoms with Crippen LogP contribution in [0.4, 0.5) is 0 Å². The van der Waals surface area contributed by atoms with Crippen LogP contribution in [0.5, 0.6) is 5.75 Å². The smallest absolute Gasteiger partial charge is 0.275 e. The average Bonchev–Trinajstić information content (AvgIpc) is 2.71. The molecule has 3 rings (SSSR count). The van der Waals surface area contributed by atoms with E-state index in [9.17, 15) is 14.7 Å². The number of rotatable bonds is 5. The van der Waals surface area contributed by atoms with Gasteiger partial charge in [0.1, 0.15) is 0 Å². The minimum absolute atomic E-state index is 0.0987. The number of aromatic nitrogens is 2. The summed E-state index contributed by atoms with van der Waals surface area (Å²) >= 11 is 6.08. The fourth-order valence-electron chi connectivity index (χ4n) is 3.64. The summed E-state index contributed by atoms with van der Waals surface area (Å²) in [4.78, 5) is 26.1. The number of hydrogen-bond acceptors (Lipinski definition) is 4. The Labute approximate surface area is 174 Å². The quantitative estimate of drug-likeness (QED) is 0.761. The number of carbonyl (C=O) groups is 1. The average molecular weight is 412 g/mol. The van der Waals surface area contributed by atoms with E-state index in [1.54, 1.807) is 13.1 Å². The predicted molar refractivity (Wildman–Crippen MR) is 113 cm³/mol. The standard InChI is InChI=1S/C22H22ClN3O3/c1-4-6-7-14(5-2)19(15-8-10-16(23)11-9-15)17-13-25(3)22(29)20-21(28)18(27)12-24-26(17)20/h4-12,17,19,28H,1,13H2,2-3H3/b7-6-,14-5+. The third-order valence-electron chi connectivity index (χ3n) is 5.04. The first-order valence-corrected chi connectivity index (χ1v) is 9.53. The first kappa shape index (κ1) is 20.6. The Balaban J connectivity index is 2.24. The molecule has 1 aromatic heterocycles. The van der Waals surface area contributed by atoms with E-state index in [0.29, 0.717) is 11.6 Å². The number of carbonyl (C=O) groups excluding carboxylic acids is 1. The fourth-order valence-corrected chi connectivity index (χ4v) is 3.77. The van der Waals surface area contributed by atoms with Crippen LogP contribution >= 0.6 is 11.6 Å². The van der Waals surface area contributed by atoms with E-state index in [4.69, 9.17) is 11.6 Å². The lowest BCUT2D eigenvalue weighted by Crippen LogP contribution is -2.45. The second-order valence-corrected chi connectivity index (χ2v) is 7.25. The summed E-state index contributed by atoms with van der Waals surface area (Å²) < 4.78 is 1.46. The Bertz CT molecular complexity index is 1050. The summed E-state index contributed by atoms with van der Waals surface area (Å²) in [5.41, 5.74) is 1.17. The van der Waals surface area contributed by atoms with Gasteiger partial charge in [-0.3, -0.25) is 14.3 Å². The van der Waals surface area contributed by atoms with Crippen LogP contribution in [0.25, 0.3) is 0 Å². The molecule has 7 heteroatoms. The summed E-state index contributed by atoms with van der Waals surface area (Å²) in [6, 6.07) is 7.13. The fraction of sp³-hybridized carbons (Fsp3) is 0.227. The van der Waals surface area contributed by atoms with Gasteiger partial charge in [0.25, 0.3) is 5.91 Å². The lowest BCUT2D eigenvalue weighted by molar-refractivity contribution is 0.0686. The van der Waals surface area contributed by atoms with E-state index in [0.717, 1.165) is 17.3 Å². The van der Waals surface area contributed by atoms with Gasteiger partial charge in [-0.1, -0.05) is 54.6 Å². The lowest BCUT2D eigenvalue weighted by atomic mass is 9.83. The Morgan fingerprint density at radius 2 is 2.03 bits per heavy atom. The van der Waals surface area contributed by atoms with E-state index < -0.39 is 17.1 Å². The monoisotopic (exact) mass is 411 g/mol. The molecule has 2 unspecified atom stereocenters. The van der Waals surface area contributed by atoms with Gasteiger partial charge in [0.05, 0.1) is 12.2 Å². The van der Waals surface area contributed by atoms with Crippen molar-refractivity contribution in [1.82, 2.24) is 14.7 Å². The van der Waals surface area contributed by atoms with Crippen LogP contribution in [0.3, 0.4) is 0 Å². The number of likely N-dealkylation sites (N-methyl/N-ethyl adjacent to an activating group) is 1. The normalized spacial score (nSPS) is 18.0. The maximum Gasteiger partial charge on any atom is 0.275 e. The van der Waals surface area contributed by atoms with Gasteiger partial charge in [0.15, 0.2) is 11.4 Å². The molecule has 1 amide bonds. The number of nitrogens with zero attached hydrogens (tertiary/aromatic N) is 3. The van der Waals surface area contributed by atoms with Crippen LogP contribution < -0.4 is 5.43 Å². The molecule has 6 nitrogen and oxygen atoms in total. The van der Waals surface area contributed by atoms with Crippen LogP contribution in [0.2, 0.25) is 5.02 Å². The predicted octanol–water partition coefficient (Wildman–Crippen LogP) is 3.70. The molecule has 1 aliphatic heterocycles. The largest absolute Gasteiger partial charge is 0.502 e. The Hall–Kier alpha value is -3.12. The number of aromatic hydroxyl groups is 1. The summed E-state index contributed by atoms with van der Waals surface area (Å²) in [5, 5.41) is 15.1. The third-order valence-corrected chi connectivity index (χ3v) is 5.29. The van der Waals surface area contributed by atoms with Crippen molar-refractivity contribution < 1.29 is 9.90 Å². The molecule has 0 bridgehead atoms. The van der Waals surface area contributed by atoms with Crippen molar-refractivity contribution in [3.8, 4) is 5.75 Å². The topological polar surface area (TPSA) is 75.4 Å². The first-order valence-electron chi connectivity index (χ1n) is 9.16. The molecular formula is C22H22ClN3O3. The van der Waals surface area contributed by atoms with Crippen LogP contribution in [-0.4, -0.2) is 39.3 Å². The molecule has 0 saturated heterocycles. The van der Waals surface area contributed by atoms with Crippen molar-refractivity contribution in [2.45, 2.75) is 18.9 Å². The minimum atomic E-state index is -0.681. The summed E-state index contributed by atoms with van der Waals surface area (Å²) in [6.07, 6.45) is 8.50. The summed E-state index contributed by atoms with van der Waals surface area (Å²) in [5.74, 6) is -1.24. The molecule has 1 aromatic carbocycles. The van der Waals surface area contributed by atoms with Crippen molar-refractivity contribution >= 4 is 17.5 Å². The van der Waals surface area contributed by atoms with E-state index >= 15 is 0 Å². The van der Waals surface area contributed by atoms with Gasteiger partial charge < -0.3 is 10.0 Å². The van der Waals surface area contributed by atoms with E-state index in [-0.39, 0.29) is 17.7 Å². The lowest BCUT2D eigenvalue weighted by Gasteiger charge is -2.38. The highest BCUT2D eigenvalue weighted by atomic mass is 35.5. The molecule has 0 spiro atoms. The number of halogens is 1. The maximum absolute atomic E-state index is 12.7. The number of allylic oxidation sites excluding steroid dienone is 5. The van der Waals surface area contributed by atoms with Crippen molar-refractivity contribution in [3.05, 3.63) is 93.4 Å². The molecule has 150 valence electrons. The Morgan fingerprint density at radius 3 is 2.66 bits per heavy atom. The van der Waals surface area contributed by atoms with E-state index in [1.807, 2.05) is 49.4 Å². The zero-order chi connectivity index (χ0) is 21.1. The van der Waals surface area contributed by atoms with Gasteiger partial charge in [0, 0.05) is 24.5 Å². The molecule has 0 radical (unpaired) electrons. The van der Waals surface area contributed by atoms with Crippen LogP contribution in [-0.2, 0) is 0 Å². The highest BCUT2D eigenvalue weighted by Gasteiger charge is 2.38. The molecule has 2 aromatic rings. The van der Waals surface area contributed by atoms with Crippen molar-refractivity contribution in [2.24, 2.45) is 0 Å². The molecule has 0 saturated carbocycles. The highest BCUT2D eigenvalue weighted by molar-refractivity contribution is 6.30. The van der Waals surface area contributed by atoms with Gasteiger partial charge in [-0.25, -0.2) is 0 Å². The van der Waals surface area contributed by atoms with E-state index in [2.05, 4.69) is 11.7 Å². The molecule has 2 heterocycles. The summed E-state index contributed by atoms with van der Waals surface area (Å²) in [6.45, 7) is 6.02. The second kappa shape index (κ2) is 8.49. The zero-order valence-corrected chi connectivity index (χ0v) is 17.0. The van der Waals surface area contributed by atoms with Gasteiger partial charge in [-0.15, -0.1) is 0 Å². The molecular weight excluding hydrogens is 390 g/mol. The zero-order valence-electron chi connectivity index (χ0n) is 16.2. The Kier molecular flexibility index (Phi) is 6.03. The number of fused-ring (bicyclic) bond motifs is 1. The van der Waals surface area contributed by atoms with Crippen LogP contribution in [0.1, 0.15) is 34.9 Å². The van der Waals surface area contributed by atoms with Gasteiger partial charge in [-0.2, -0.15) is 5.10 Å². The van der Waals surface area contributed by atoms with Gasteiger partial charge in [-0.05, 0) is 30.2 Å². The Morgan fingerprint density at radius 1 is 1.34 bits per heavy atom. The van der Waals surface area contributed by atoms with Crippen LogP contribution in [0.15, 0.2) is 71.7 Å². The van der Waals surface area contributed by atoms with Crippen molar-refractivity contribution in [2.75, 3.05) is 13.6 Å². The molecule has 1 N–H and O–H groups in total. The maximum atomic E-state index is 12.7. The van der Waals surface area contributed by atoms with Gasteiger partial charge in [0.2, 0.25) is 5.43 Å². The number of amides is 1. The minimum Gasteiger partial charge on any atom is -0.502 e. The molecule has 2 atom stereocenters. The number of hydrogen-bond donors (Lipinski definition) is 1. The number of benzene rings is 1. The van der Waals surface area contributed by atoms with Gasteiger partial charge >= 0.3 is 0 Å². The first-order chi connectivity index (χ1) is 13.9. The molecule has 1 aliphatic rings.